The van der Waals surface area contributed by atoms with Crippen LogP contribution in [0.3, 0.4) is 0 Å². The quantitative estimate of drug-likeness (QED) is 0.0168. The molecule has 2 aromatic carbocycles. The van der Waals surface area contributed by atoms with Gasteiger partial charge in [-0.2, -0.15) is 24.8 Å². The molecule has 6 rings (SSSR count). The number of hydrogen-bond acceptors (Lipinski definition) is 18. The number of halogens is 2. The molecule has 0 atom stereocenters. The number of rotatable bonds is 33. The number of anilines is 4. The van der Waals surface area contributed by atoms with Crippen molar-refractivity contribution in [2.45, 2.75) is 183 Å². The van der Waals surface area contributed by atoms with Gasteiger partial charge in [0, 0.05) is 63.8 Å². The number of azo groups is 2. The Kier molecular flexibility index (Phi) is 29.2. The number of nitriles is 1. The summed E-state index contributed by atoms with van der Waals surface area (Å²) in [6, 6.07) is 19.1. The lowest BCUT2D eigenvalue weighted by atomic mass is 10.1. The number of carbonyl (C=O) groups is 2. The zero-order valence-corrected chi connectivity index (χ0v) is 54.9. The van der Waals surface area contributed by atoms with Crippen LogP contribution in [-0.2, 0) is 19.1 Å². The molecule has 0 saturated carbocycles. The van der Waals surface area contributed by atoms with E-state index in [9.17, 15) is 14.9 Å². The molecule has 0 saturated heterocycles. The van der Waals surface area contributed by atoms with Crippen LogP contribution < -0.4 is 20.4 Å². The topological polar surface area (TPSA) is 244 Å². The molecule has 23 heteroatoms. The predicted octanol–water partition coefficient (Wildman–Crippen LogP) is 17.1. The molecule has 21 nitrogen and oxygen atoms in total. The van der Waals surface area contributed by atoms with Crippen LogP contribution in [0, 0.1) is 11.3 Å². The van der Waals surface area contributed by atoms with Crippen LogP contribution in [0.15, 0.2) is 91.9 Å². The Morgan fingerprint density at radius 3 is 1.91 bits per heavy atom. The molecule has 0 aliphatic heterocycles. The minimum atomic E-state index is -0.347. The highest BCUT2D eigenvalue weighted by atomic mass is 79.9. The molecule has 2 N–H and O–H groups in total. The van der Waals surface area contributed by atoms with Gasteiger partial charge in [0.25, 0.3) is 5.95 Å². The van der Waals surface area contributed by atoms with Crippen LogP contribution in [0.1, 0.15) is 195 Å². The molecule has 0 unspecified atom stereocenters. The van der Waals surface area contributed by atoms with Crippen molar-refractivity contribution in [3.63, 3.8) is 0 Å². The van der Waals surface area contributed by atoms with Crippen molar-refractivity contribution in [2.24, 2.45) is 20.5 Å². The summed E-state index contributed by atoms with van der Waals surface area (Å²) in [6.45, 7) is 25.0. The van der Waals surface area contributed by atoms with Gasteiger partial charge in [-0.1, -0.05) is 117 Å². The van der Waals surface area contributed by atoms with E-state index in [-0.39, 0.29) is 47.0 Å². The van der Waals surface area contributed by atoms with E-state index in [0.717, 1.165) is 55.1 Å². The van der Waals surface area contributed by atoms with Gasteiger partial charge in [0.2, 0.25) is 5.91 Å². The fraction of sp³-hybridized carbons (Fsp3) is 0.540. The lowest BCUT2D eigenvalue weighted by Crippen LogP contribution is -2.26. The van der Waals surface area contributed by atoms with Crippen LogP contribution in [0.5, 0.6) is 0 Å². The van der Waals surface area contributed by atoms with Gasteiger partial charge in [0.05, 0.1) is 39.4 Å². The van der Waals surface area contributed by atoms with Crippen molar-refractivity contribution in [1.82, 2.24) is 39.7 Å². The number of nitrogens with zero attached hydrogens (tertiary/aromatic N) is 15. The second-order valence-corrected chi connectivity index (χ2v) is 23.7. The standard InChI is InChI=1S/C36H53N9O3.C27H36BrClN8O/c1-8-10-11-12-13-14-22-44(23-15-17-32(46)47-9-2)28-18-19-30(31(24-28)40-26-48-36(5,6)7)41-42-34-29(25-37)33(27(3)4)43-45(34)35-38-20-16-21-39-35;1-6-7-8-9-10-11-16-36(5)20-12-13-21(22(17-20)30-19(4)38)31-34-27-25(28)26(18(2)3)35-37(27)24-15-14-23(29)32-33-24/h16,18-21,24,27,40H,8-15,17,22-23,26H2,1-7H3;12-15,17-18H,6-11,16H2,1-5H3,(H,30,38). The summed E-state index contributed by atoms with van der Waals surface area (Å²) in [5.74, 6) is 1.25. The van der Waals surface area contributed by atoms with E-state index in [1.807, 2.05) is 91.8 Å². The number of nitrogens with one attached hydrogen (secondary N) is 2. The number of benzene rings is 2. The molecule has 0 bridgehead atoms. The third-order valence-electron chi connectivity index (χ3n) is 13.6. The average molecular weight is 1260 g/mol. The smallest absolute Gasteiger partial charge is 0.305 e. The van der Waals surface area contributed by atoms with E-state index in [1.54, 1.807) is 35.3 Å². The molecular formula is C63H89BrClN17O4. The molecule has 0 aliphatic carbocycles. The average Bonchev–Trinajstić information content (AvgIpc) is 3.71. The summed E-state index contributed by atoms with van der Waals surface area (Å²) in [4.78, 5) is 37.2. The highest BCUT2D eigenvalue weighted by Gasteiger charge is 2.24. The number of amides is 1. The predicted molar refractivity (Wildman–Crippen MR) is 347 cm³/mol. The fourth-order valence-electron chi connectivity index (χ4n) is 8.99. The number of unbranched alkanes of at least 4 members (excludes halogenated alkanes) is 10. The second kappa shape index (κ2) is 36.0. The van der Waals surface area contributed by atoms with E-state index < -0.39 is 0 Å². The van der Waals surface area contributed by atoms with E-state index in [0.29, 0.717) is 76.4 Å². The van der Waals surface area contributed by atoms with Crippen LogP contribution >= 0.6 is 27.5 Å². The molecule has 4 aromatic heterocycles. The highest BCUT2D eigenvalue weighted by molar-refractivity contribution is 9.10. The van der Waals surface area contributed by atoms with Crippen molar-refractivity contribution < 1.29 is 19.1 Å². The monoisotopic (exact) mass is 1260 g/mol. The summed E-state index contributed by atoms with van der Waals surface area (Å²) >= 11 is 9.56. The first-order valence-electron chi connectivity index (χ1n) is 30.3. The SMILES string of the molecule is CCCCCCCCN(C)c1ccc(N=Nc2c(Br)c(C(C)C)nn2-c2ccc(Cl)nn2)c(NC(C)=O)c1.CCCCCCCCN(CCCC(=O)OCC)c1ccc(N=Nc2c(C#N)c(C(C)C)nn2-c2ncccn2)c(NCOC(C)(C)C)c1. The zero-order valence-electron chi connectivity index (χ0n) is 52.5. The molecule has 4 heterocycles. The lowest BCUT2D eigenvalue weighted by molar-refractivity contribution is -0.143. The van der Waals surface area contributed by atoms with Crippen molar-refractivity contribution >= 4 is 85.2 Å². The maximum Gasteiger partial charge on any atom is 0.305 e. The molecule has 0 aliphatic rings. The van der Waals surface area contributed by atoms with Crippen molar-refractivity contribution in [3.05, 3.63) is 93.6 Å². The number of carbonyl (C=O) groups excluding carboxylic acids is 2. The Bertz CT molecular complexity index is 3150. The Balaban J connectivity index is 0.000000322. The zero-order chi connectivity index (χ0) is 62.6. The fourth-order valence-corrected chi connectivity index (χ4v) is 9.88. The van der Waals surface area contributed by atoms with Crippen LogP contribution in [0.25, 0.3) is 11.8 Å². The highest BCUT2D eigenvalue weighted by Crippen LogP contribution is 2.39. The van der Waals surface area contributed by atoms with E-state index >= 15 is 0 Å². The molecule has 86 heavy (non-hydrogen) atoms. The lowest BCUT2D eigenvalue weighted by Gasteiger charge is -2.26. The summed E-state index contributed by atoms with van der Waals surface area (Å²) in [5.41, 5.74) is 5.82. The van der Waals surface area contributed by atoms with Crippen molar-refractivity contribution in [2.75, 3.05) is 60.5 Å². The second-order valence-electron chi connectivity index (χ2n) is 22.5. The van der Waals surface area contributed by atoms with Crippen LogP contribution in [0.4, 0.5) is 45.8 Å². The third-order valence-corrected chi connectivity index (χ3v) is 14.6. The maximum absolute atomic E-state index is 12.1. The largest absolute Gasteiger partial charge is 0.466 e. The molecule has 0 radical (unpaired) electrons. The minimum absolute atomic E-state index is 0.0222. The van der Waals surface area contributed by atoms with Gasteiger partial charge >= 0.3 is 5.97 Å². The van der Waals surface area contributed by atoms with Gasteiger partial charge in [0.1, 0.15) is 29.7 Å². The number of esters is 1. The normalized spacial score (nSPS) is 11.6. The van der Waals surface area contributed by atoms with Gasteiger partial charge in [0.15, 0.2) is 22.6 Å². The number of aromatic nitrogens is 8. The summed E-state index contributed by atoms with van der Waals surface area (Å²) in [6.07, 6.45) is 18.9. The summed E-state index contributed by atoms with van der Waals surface area (Å²) in [7, 11) is 2.07. The Hall–Kier alpha value is -7.22. The third kappa shape index (κ3) is 22.2. The molecule has 0 fully saturated rings. The maximum atomic E-state index is 12.1. The van der Waals surface area contributed by atoms with Crippen molar-refractivity contribution in [3.8, 4) is 17.8 Å². The molecule has 464 valence electrons. The minimum Gasteiger partial charge on any atom is -0.466 e. The Labute approximate surface area is 522 Å². The number of ether oxygens (including phenoxy) is 2. The van der Waals surface area contributed by atoms with Crippen molar-refractivity contribution in [1.29, 1.82) is 5.26 Å². The molecule has 1 amide bonds. The first-order valence-corrected chi connectivity index (χ1v) is 31.4. The van der Waals surface area contributed by atoms with E-state index in [2.05, 4.69) is 114 Å². The summed E-state index contributed by atoms with van der Waals surface area (Å²) in [5, 5.41) is 52.3. The molecular weight excluding hydrogens is 1170 g/mol. The van der Waals surface area contributed by atoms with Gasteiger partial charge in [-0.25, -0.2) is 9.97 Å². The number of hydrogen-bond donors (Lipinski definition) is 2. The first kappa shape index (κ1) is 69.6. The van der Waals surface area contributed by atoms with E-state index in [4.69, 9.17) is 21.1 Å². The van der Waals surface area contributed by atoms with Gasteiger partial charge in [-0.15, -0.1) is 30.7 Å². The van der Waals surface area contributed by atoms with Crippen LogP contribution in [-0.4, -0.2) is 97.2 Å². The van der Waals surface area contributed by atoms with Crippen LogP contribution in [0.2, 0.25) is 5.15 Å². The van der Waals surface area contributed by atoms with Gasteiger partial charge < -0.3 is 29.9 Å². The van der Waals surface area contributed by atoms with Gasteiger partial charge in [-0.3, -0.25) is 9.59 Å². The first-order chi connectivity index (χ1) is 41.3. The molecule has 0 spiro atoms. The van der Waals surface area contributed by atoms with E-state index in [1.165, 1.54) is 69.4 Å². The van der Waals surface area contributed by atoms with Gasteiger partial charge in [-0.05, 0) is 129 Å². The molecule has 6 aromatic rings. The summed E-state index contributed by atoms with van der Waals surface area (Å²) < 4.78 is 14.9. The Morgan fingerprint density at radius 2 is 1.31 bits per heavy atom. The Morgan fingerprint density at radius 1 is 0.733 bits per heavy atom.